The molecule has 2 unspecified atom stereocenters. The summed E-state index contributed by atoms with van der Waals surface area (Å²) in [4.78, 5) is -0.434. The van der Waals surface area contributed by atoms with Gasteiger partial charge in [0.15, 0.2) is 0 Å². The molecular weight excluding hydrogens is 319 g/mol. The molecule has 118 valence electrons. The summed E-state index contributed by atoms with van der Waals surface area (Å²) < 4.78 is 46.4. The summed E-state index contributed by atoms with van der Waals surface area (Å²) in [7, 11) is -3.99. The third-order valence-electron chi connectivity index (χ3n) is 3.44. The first-order chi connectivity index (χ1) is 9.77. The van der Waals surface area contributed by atoms with Crippen LogP contribution in [0.2, 0.25) is 5.02 Å². The Morgan fingerprint density at radius 2 is 2.14 bits per heavy atom. The third kappa shape index (κ3) is 3.22. The second-order valence-corrected chi connectivity index (χ2v) is 7.44. The van der Waals surface area contributed by atoms with E-state index in [1.54, 1.807) is 13.8 Å². The van der Waals surface area contributed by atoms with Gasteiger partial charge in [0.2, 0.25) is 10.0 Å². The van der Waals surface area contributed by atoms with E-state index in [2.05, 4.69) is 0 Å². The lowest BCUT2D eigenvalue weighted by atomic mass is 10.2. The zero-order valence-corrected chi connectivity index (χ0v) is 13.4. The van der Waals surface area contributed by atoms with E-state index < -0.39 is 20.7 Å². The first kappa shape index (κ1) is 16.6. The van der Waals surface area contributed by atoms with Crippen LogP contribution in [-0.2, 0) is 21.3 Å². The van der Waals surface area contributed by atoms with Crippen molar-refractivity contribution in [2.45, 2.75) is 37.4 Å². The van der Waals surface area contributed by atoms with Crippen molar-refractivity contribution in [2.75, 3.05) is 13.2 Å². The van der Waals surface area contributed by atoms with Gasteiger partial charge in [-0.1, -0.05) is 11.6 Å². The minimum Gasteiger partial charge on any atom is -0.375 e. The molecule has 21 heavy (non-hydrogen) atoms. The number of hydrogen-bond acceptors (Lipinski definition) is 4. The number of nitrogens with zero attached hydrogens (tertiary/aromatic N) is 1. The van der Waals surface area contributed by atoms with Crippen molar-refractivity contribution in [1.29, 1.82) is 0 Å². The lowest BCUT2D eigenvalue weighted by molar-refractivity contribution is -0.0171. The van der Waals surface area contributed by atoms with Crippen LogP contribution in [0, 0.1) is 5.82 Å². The molecule has 8 heteroatoms. The Kier molecular flexibility index (Phi) is 4.89. The number of halogens is 2. The van der Waals surface area contributed by atoms with Crippen LogP contribution in [0.15, 0.2) is 17.0 Å². The second-order valence-electron chi connectivity index (χ2n) is 5.15. The van der Waals surface area contributed by atoms with Crippen molar-refractivity contribution in [1.82, 2.24) is 4.31 Å². The van der Waals surface area contributed by atoms with Gasteiger partial charge in [-0.25, -0.2) is 12.8 Å². The highest BCUT2D eigenvalue weighted by Gasteiger charge is 2.36. The van der Waals surface area contributed by atoms with E-state index in [0.717, 1.165) is 6.07 Å². The van der Waals surface area contributed by atoms with Gasteiger partial charge in [0.05, 0.1) is 12.7 Å². The molecule has 5 nitrogen and oxygen atoms in total. The topological polar surface area (TPSA) is 72.6 Å². The number of nitrogens with two attached hydrogens (primary N) is 1. The van der Waals surface area contributed by atoms with Gasteiger partial charge in [0.1, 0.15) is 10.7 Å². The van der Waals surface area contributed by atoms with Crippen LogP contribution in [0.5, 0.6) is 0 Å². The molecule has 1 heterocycles. The Hall–Kier alpha value is -0.730. The molecule has 0 saturated carbocycles. The molecule has 0 aromatic heterocycles. The number of morpholine rings is 1. The molecule has 2 N–H and O–H groups in total. The lowest BCUT2D eigenvalue weighted by Crippen LogP contribution is -2.50. The van der Waals surface area contributed by atoms with E-state index in [1.165, 1.54) is 10.4 Å². The minimum absolute atomic E-state index is 0.0787. The lowest BCUT2D eigenvalue weighted by Gasteiger charge is -2.35. The summed E-state index contributed by atoms with van der Waals surface area (Å²) >= 11 is 5.88. The molecule has 0 bridgehead atoms. The summed E-state index contributed by atoms with van der Waals surface area (Å²) in [5, 5.41) is 0.143. The molecule has 1 saturated heterocycles. The van der Waals surface area contributed by atoms with Crippen LogP contribution in [-0.4, -0.2) is 38.0 Å². The van der Waals surface area contributed by atoms with Crippen LogP contribution in [0.3, 0.4) is 0 Å². The highest BCUT2D eigenvalue weighted by Crippen LogP contribution is 2.28. The van der Waals surface area contributed by atoms with Gasteiger partial charge in [0, 0.05) is 29.7 Å². The van der Waals surface area contributed by atoms with Crippen LogP contribution in [0.1, 0.15) is 19.4 Å². The Balaban J connectivity index is 2.51. The van der Waals surface area contributed by atoms with Gasteiger partial charge >= 0.3 is 0 Å². The fourth-order valence-electron chi connectivity index (χ4n) is 2.29. The Bertz CT molecular complexity index is 639. The van der Waals surface area contributed by atoms with Crippen molar-refractivity contribution in [3.63, 3.8) is 0 Å². The van der Waals surface area contributed by atoms with E-state index in [4.69, 9.17) is 22.1 Å². The zero-order valence-electron chi connectivity index (χ0n) is 11.8. The van der Waals surface area contributed by atoms with Crippen molar-refractivity contribution < 1.29 is 17.5 Å². The maximum absolute atomic E-state index is 14.4. The molecule has 1 fully saturated rings. The number of rotatable bonds is 3. The molecule has 1 aliphatic heterocycles. The van der Waals surface area contributed by atoms with Crippen molar-refractivity contribution in [3.8, 4) is 0 Å². The van der Waals surface area contributed by atoms with E-state index in [0.29, 0.717) is 0 Å². The predicted molar refractivity (Wildman–Crippen MR) is 78.1 cm³/mol. The highest BCUT2D eigenvalue weighted by molar-refractivity contribution is 7.89. The fourth-order valence-corrected chi connectivity index (χ4v) is 4.42. The molecule has 2 rings (SSSR count). The van der Waals surface area contributed by atoms with E-state index in [1.807, 2.05) is 0 Å². The normalized spacial score (nSPS) is 24.2. The van der Waals surface area contributed by atoms with Crippen LogP contribution >= 0.6 is 11.6 Å². The SMILES string of the molecule is CC1CN(S(=O)(=O)c2cc(Cl)cc(CN)c2F)C(C)CO1. The highest BCUT2D eigenvalue weighted by atomic mass is 35.5. The Morgan fingerprint density at radius 3 is 2.76 bits per heavy atom. The average Bonchev–Trinajstić information content (AvgIpc) is 2.43. The summed E-state index contributed by atoms with van der Waals surface area (Å²) in [6, 6.07) is 2.09. The summed E-state index contributed by atoms with van der Waals surface area (Å²) in [5.74, 6) is -0.840. The maximum atomic E-state index is 14.4. The Labute approximate surface area is 128 Å². The van der Waals surface area contributed by atoms with Gasteiger partial charge in [-0.15, -0.1) is 0 Å². The molecule has 1 aromatic rings. The molecule has 0 spiro atoms. The van der Waals surface area contributed by atoms with Crippen LogP contribution < -0.4 is 5.73 Å². The number of sulfonamides is 1. The smallest absolute Gasteiger partial charge is 0.246 e. The van der Waals surface area contributed by atoms with Crippen molar-refractivity contribution in [3.05, 3.63) is 28.5 Å². The molecule has 0 radical (unpaired) electrons. The van der Waals surface area contributed by atoms with Gasteiger partial charge in [-0.3, -0.25) is 0 Å². The maximum Gasteiger partial charge on any atom is 0.246 e. The number of hydrogen-bond donors (Lipinski definition) is 1. The third-order valence-corrected chi connectivity index (χ3v) is 5.63. The number of benzene rings is 1. The quantitative estimate of drug-likeness (QED) is 0.912. The van der Waals surface area contributed by atoms with Gasteiger partial charge in [-0.05, 0) is 26.0 Å². The summed E-state index contributed by atoms with van der Waals surface area (Å²) in [5.41, 5.74) is 5.51. The zero-order chi connectivity index (χ0) is 15.8. The molecule has 1 aliphatic rings. The summed E-state index contributed by atoms with van der Waals surface area (Å²) in [6.07, 6.45) is -0.243. The summed E-state index contributed by atoms with van der Waals surface area (Å²) in [6.45, 7) is 3.81. The molecule has 1 aromatic carbocycles. The van der Waals surface area contributed by atoms with Gasteiger partial charge in [0.25, 0.3) is 0 Å². The van der Waals surface area contributed by atoms with Crippen LogP contribution in [0.25, 0.3) is 0 Å². The van der Waals surface area contributed by atoms with Crippen LogP contribution in [0.4, 0.5) is 4.39 Å². The first-order valence-corrected chi connectivity index (χ1v) is 8.40. The Morgan fingerprint density at radius 1 is 1.48 bits per heavy atom. The average molecular weight is 337 g/mol. The van der Waals surface area contributed by atoms with Crippen molar-refractivity contribution >= 4 is 21.6 Å². The van der Waals surface area contributed by atoms with E-state index >= 15 is 0 Å². The second kappa shape index (κ2) is 6.18. The largest absolute Gasteiger partial charge is 0.375 e. The minimum atomic E-state index is -3.99. The monoisotopic (exact) mass is 336 g/mol. The van der Waals surface area contributed by atoms with Crippen molar-refractivity contribution in [2.24, 2.45) is 5.73 Å². The molecular formula is C13H18ClFN2O3S. The van der Waals surface area contributed by atoms with Gasteiger partial charge < -0.3 is 10.5 Å². The standard InChI is InChI=1S/C13H18ClFN2O3S/c1-8-7-20-9(2)6-17(8)21(18,19)12-4-11(14)3-10(5-16)13(12)15/h3-4,8-9H,5-7,16H2,1-2H3. The predicted octanol–water partition coefficient (Wildman–Crippen LogP) is 1.74. The number of ether oxygens (including phenoxy) is 1. The first-order valence-electron chi connectivity index (χ1n) is 6.58. The molecule has 2 atom stereocenters. The van der Waals surface area contributed by atoms with E-state index in [9.17, 15) is 12.8 Å². The molecule has 0 amide bonds. The molecule has 0 aliphatic carbocycles. The fraction of sp³-hybridized carbons (Fsp3) is 0.538. The van der Waals surface area contributed by atoms with Gasteiger partial charge in [-0.2, -0.15) is 4.31 Å². The van der Waals surface area contributed by atoms with E-state index in [-0.39, 0.29) is 42.4 Å².